The first-order valence-electron chi connectivity index (χ1n) is 8.64. The van der Waals surface area contributed by atoms with Gasteiger partial charge in [0.15, 0.2) is 0 Å². The van der Waals surface area contributed by atoms with Crippen molar-refractivity contribution in [1.29, 1.82) is 0 Å². The summed E-state index contributed by atoms with van der Waals surface area (Å²) >= 11 is 1.94. The fourth-order valence-electron chi connectivity index (χ4n) is 3.27. The van der Waals surface area contributed by atoms with Gasteiger partial charge in [-0.3, -0.25) is 9.69 Å². The molecule has 2 aliphatic rings. The Kier molecular flexibility index (Phi) is 6.51. The van der Waals surface area contributed by atoms with E-state index in [0.29, 0.717) is 6.42 Å². The van der Waals surface area contributed by atoms with Gasteiger partial charge in [-0.15, -0.1) is 0 Å². The second-order valence-corrected chi connectivity index (χ2v) is 7.54. The average Bonchev–Trinajstić information content (AvgIpc) is 2.83. The Balaban J connectivity index is 1.64. The van der Waals surface area contributed by atoms with Crippen molar-refractivity contribution in [3.8, 4) is 0 Å². The van der Waals surface area contributed by atoms with E-state index in [9.17, 15) is 9.18 Å². The van der Waals surface area contributed by atoms with Crippen LogP contribution in [0.4, 0.5) is 4.39 Å². The minimum Gasteiger partial charge on any atom is -0.379 e. The number of rotatable bonds is 4. The van der Waals surface area contributed by atoms with E-state index in [4.69, 9.17) is 4.74 Å². The number of morpholine rings is 1. The molecule has 4 nitrogen and oxygen atoms in total. The number of thioether (sulfide) groups is 1. The zero-order valence-electron chi connectivity index (χ0n) is 14.0. The third kappa shape index (κ3) is 4.94. The zero-order chi connectivity index (χ0) is 16.8. The van der Waals surface area contributed by atoms with E-state index in [-0.39, 0.29) is 17.8 Å². The van der Waals surface area contributed by atoms with Crippen molar-refractivity contribution in [2.75, 3.05) is 50.9 Å². The molecule has 3 rings (SSSR count). The molecule has 1 amide bonds. The molecule has 132 valence electrons. The maximum atomic E-state index is 13.0. The normalized spacial score (nSPS) is 23.0. The quantitative estimate of drug-likeness (QED) is 0.830. The van der Waals surface area contributed by atoms with Crippen LogP contribution in [0.5, 0.6) is 0 Å². The maximum absolute atomic E-state index is 13.0. The van der Waals surface area contributed by atoms with Crippen LogP contribution in [0.15, 0.2) is 24.3 Å². The molecular weight excluding hydrogens is 327 g/mol. The molecule has 2 fully saturated rings. The molecule has 0 spiro atoms. The van der Waals surface area contributed by atoms with Gasteiger partial charge in [0.2, 0.25) is 5.91 Å². The summed E-state index contributed by atoms with van der Waals surface area (Å²) in [6, 6.07) is 6.51. The molecule has 2 heterocycles. The predicted octanol–water partition coefficient (Wildman–Crippen LogP) is 2.03. The molecule has 0 aliphatic carbocycles. The van der Waals surface area contributed by atoms with Crippen LogP contribution in [0, 0.1) is 5.82 Å². The van der Waals surface area contributed by atoms with E-state index < -0.39 is 0 Å². The molecule has 2 aliphatic heterocycles. The minimum absolute atomic E-state index is 0.155. The fraction of sp³-hybridized carbons (Fsp3) is 0.611. The van der Waals surface area contributed by atoms with E-state index in [1.165, 1.54) is 12.1 Å². The molecule has 0 N–H and O–H groups in total. The van der Waals surface area contributed by atoms with E-state index in [1.54, 1.807) is 12.1 Å². The van der Waals surface area contributed by atoms with Crippen molar-refractivity contribution in [2.24, 2.45) is 0 Å². The summed E-state index contributed by atoms with van der Waals surface area (Å²) in [5.74, 6) is 2.00. The topological polar surface area (TPSA) is 32.8 Å². The number of ether oxygens (including phenoxy) is 1. The van der Waals surface area contributed by atoms with E-state index in [2.05, 4.69) is 9.80 Å². The van der Waals surface area contributed by atoms with Crippen molar-refractivity contribution >= 4 is 17.7 Å². The van der Waals surface area contributed by atoms with Gasteiger partial charge in [-0.05, 0) is 29.9 Å². The highest BCUT2D eigenvalue weighted by atomic mass is 32.2. The van der Waals surface area contributed by atoms with Crippen LogP contribution in [0.2, 0.25) is 0 Å². The van der Waals surface area contributed by atoms with Gasteiger partial charge in [0.25, 0.3) is 0 Å². The van der Waals surface area contributed by atoms with Gasteiger partial charge in [0.05, 0.1) is 25.7 Å². The molecule has 6 heteroatoms. The third-order valence-electron chi connectivity index (χ3n) is 4.60. The largest absolute Gasteiger partial charge is 0.379 e. The van der Waals surface area contributed by atoms with Crippen LogP contribution in [-0.2, 0) is 16.0 Å². The lowest BCUT2D eigenvalue weighted by atomic mass is 10.1. The maximum Gasteiger partial charge on any atom is 0.227 e. The summed E-state index contributed by atoms with van der Waals surface area (Å²) in [5, 5.41) is 0. The monoisotopic (exact) mass is 352 g/mol. The molecule has 1 atom stereocenters. The second kappa shape index (κ2) is 8.83. The van der Waals surface area contributed by atoms with Gasteiger partial charge in [-0.2, -0.15) is 11.8 Å². The average molecular weight is 352 g/mol. The molecule has 1 aromatic carbocycles. The summed E-state index contributed by atoms with van der Waals surface area (Å²) in [5.41, 5.74) is 0.878. The number of carbonyl (C=O) groups excluding carboxylic acids is 1. The van der Waals surface area contributed by atoms with E-state index >= 15 is 0 Å². The number of amides is 1. The smallest absolute Gasteiger partial charge is 0.227 e. The SMILES string of the molecule is O=C(Cc1ccc(F)cc1)N1CCCSC[C@@H]1CN1CCOCC1. The molecule has 0 aromatic heterocycles. The summed E-state index contributed by atoms with van der Waals surface area (Å²) in [6.07, 6.45) is 1.39. The van der Waals surface area contributed by atoms with Crippen molar-refractivity contribution < 1.29 is 13.9 Å². The Morgan fingerprint density at radius 3 is 2.71 bits per heavy atom. The highest BCUT2D eigenvalue weighted by Crippen LogP contribution is 2.19. The first-order valence-corrected chi connectivity index (χ1v) is 9.79. The van der Waals surface area contributed by atoms with Gasteiger partial charge in [-0.1, -0.05) is 12.1 Å². The summed E-state index contributed by atoms with van der Waals surface area (Å²) in [6.45, 7) is 5.20. The Hall–Kier alpha value is -1.11. The zero-order valence-corrected chi connectivity index (χ0v) is 14.8. The molecule has 0 saturated carbocycles. The van der Waals surface area contributed by atoms with Crippen LogP contribution >= 0.6 is 11.8 Å². The van der Waals surface area contributed by atoms with Gasteiger partial charge in [0, 0.05) is 31.9 Å². The number of carbonyl (C=O) groups is 1. The van der Waals surface area contributed by atoms with Gasteiger partial charge in [-0.25, -0.2) is 4.39 Å². The highest BCUT2D eigenvalue weighted by Gasteiger charge is 2.28. The van der Waals surface area contributed by atoms with Crippen molar-refractivity contribution in [2.45, 2.75) is 18.9 Å². The second-order valence-electron chi connectivity index (χ2n) is 6.39. The Bertz CT molecular complexity index is 534. The molecular formula is C18H25FN2O2S. The molecule has 0 unspecified atom stereocenters. The van der Waals surface area contributed by atoms with Gasteiger partial charge >= 0.3 is 0 Å². The van der Waals surface area contributed by atoms with Crippen LogP contribution in [0.3, 0.4) is 0 Å². The molecule has 1 aromatic rings. The fourth-order valence-corrected chi connectivity index (χ4v) is 4.33. The predicted molar refractivity (Wildman–Crippen MR) is 94.8 cm³/mol. The molecule has 24 heavy (non-hydrogen) atoms. The van der Waals surface area contributed by atoms with E-state index in [1.807, 2.05) is 11.8 Å². The number of benzene rings is 1. The number of halogens is 1. The summed E-state index contributed by atoms with van der Waals surface area (Å²) in [4.78, 5) is 17.3. The molecule has 0 bridgehead atoms. The van der Waals surface area contributed by atoms with E-state index in [0.717, 1.165) is 62.9 Å². The third-order valence-corrected chi connectivity index (χ3v) is 5.80. The standard InChI is InChI=1S/C18H25FN2O2S/c19-16-4-2-15(3-5-16)12-18(22)21-6-1-11-24-14-17(21)13-20-7-9-23-10-8-20/h2-5,17H,1,6-14H2/t17-/m0/s1. The highest BCUT2D eigenvalue weighted by molar-refractivity contribution is 7.99. The van der Waals surface area contributed by atoms with Crippen molar-refractivity contribution in [1.82, 2.24) is 9.80 Å². The minimum atomic E-state index is -0.262. The lowest BCUT2D eigenvalue weighted by molar-refractivity contribution is -0.132. The van der Waals surface area contributed by atoms with Crippen LogP contribution in [-0.4, -0.2) is 72.6 Å². The first kappa shape index (κ1) is 17.7. The number of hydrogen-bond acceptors (Lipinski definition) is 4. The van der Waals surface area contributed by atoms with Crippen LogP contribution in [0.1, 0.15) is 12.0 Å². The van der Waals surface area contributed by atoms with Crippen molar-refractivity contribution in [3.63, 3.8) is 0 Å². The summed E-state index contributed by atoms with van der Waals surface area (Å²) < 4.78 is 18.5. The lowest BCUT2D eigenvalue weighted by Crippen LogP contribution is -2.50. The van der Waals surface area contributed by atoms with Crippen LogP contribution < -0.4 is 0 Å². The summed E-state index contributed by atoms with van der Waals surface area (Å²) in [7, 11) is 0. The molecule has 2 saturated heterocycles. The van der Waals surface area contributed by atoms with Crippen molar-refractivity contribution in [3.05, 3.63) is 35.6 Å². The van der Waals surface area contributed by atoms with Crippen LogP contribution in [0.25, 0.3) is 0 Å². The Morgan fingerprint density at radius 2 is 1.96 bits per heavy atom. The Labute approximate surface area is 147 Å². The number of nitrogens with zero attached hydrogens (tertiary/aromatic N) is 2. The first-order chi connectivity index (χ1) is 11.7. The van der Waals surface area contributed by atoms with Gasteiger partial charge < -0.3 is 9.64 Å². The van der Waals surface area contributed by atoms with Gasteiger partial charge in [0.1, 0.15) is 5.82 Å². The Morgan fingerprint density at radius 1 is 1.21 bits per heavy atom. The number of hydrogen-bond donors (Lipinski definition) is 0. The lowest BCUT2D eigenvalue weighted by Gasteiger charge is -2.35. The molecule has 0 radical (unpaired) electrons.